The van der Waals surface area contributed by atoms with Crippen LogP contribution in [-0.2, 0) is 12.3 Å². The molecule has 1 fully saturated rings. The lowest BCUT2D eigenvalue weighted by Gasteiger charge is -2.06. The minimum absolute atomic E-state index is 0.440. The number of aromatic nitrogens is 5. The van der Waals surface area contributed by atoms with E-state index in [1.54, 1.807) is 30.4 Å². The fourth-order valence-corrected chi connectivity index (χ4v) is 2.71. The van der Waals surface area contributed by atoms with Crippen molar-refractivity contribution in [3.8, 4) is 0 Å². The average molecular weight is 262 g/mol. The van der Waals surface area contributed by atoms with Crippen molar-refractivity contribution in [1.82, 2.24) is 24.7 Å². The molecule has 0 atom stereocenters. The molecule has 0 aliphatic heterocycles. The van der Waals surface area contributed by atoms with E-state index in [4.69, 9.17) is 5.73 Å². The Morgan fingerprint density at radius 3 is 2.89 bits per heavy atom. The van der Waals surface area contributed by atoms with Crippen LogP contribution in [0.3, 0.4) is 0 Å². The Balaban J connectivity index is 1.74. The SMILES string of the molecule is NCc1nnc(SCc2cnccn2)n1C1CC1. The number of hydrogen-bond acceptors (Lipinski definition) is 6. The van der Waals surface area contributed by atoms with Crippen molar-refractivity contribution in [2.45, 2.75) is 36.3 Å². The highest BCUT2D eigenvalue weighted by molar-refractivity contribution is 7.98. The van der Waals surface area contributed by atoms with Crippen molar-refractivity contribution >= 4 is 11.8 Å². The molecule has 6 nitrogen and oxygen atoms in total. The molecule has 0 radical (unpaired) electrons. The van der Waals surface area contributed by atoms with Gasteiger partial charge in [-0.2, -0.15) is 0 Å². The van der Waals surface area contributed by atoms with Crippen LogP contribution in [0.5, 0.6) is 0 Å². The normalized spacial score (nSPS) is 14.9. The van der Waals surface area contributed by atoms with Gasteiger partial charge in [-0.25, -0.2) is 0 Å². The van der Waals surface area contributed by atoms with E-state index in [0.29, 0.717) is 12.6 Å². The van der Waals surface area contributed by atoms with E-state index in [1.165, 1.54) is 12.8 Å². The molecule has 0 amide bonds. The highest BCUT2D eigenvalue weighted by Crippen LogP contribution is 2.39. The summed E-state index contributed by atoms with van der Waals surface area (Å²) < 4.78 is 2.17. The molecule has 0 spiro atoms. The zero-order chi connectivity index (χ0) is 12.4. The van der Waals surface area contributed by atoms with Crippen molar-refractivity contribution in [1.29, 1.82) is 0 Å². The molecule has 2 aromatic heterocycles. The largest absolute Gasteiger partial charge is 0.324 e. The van der Waals surface area contributed by atoms with Gasteiger partial charge in [0, 0.05) is 30.4 Å². The molecule has 2 heterocycles. The van der Waals surface area contributed by atoms with Crippen molar-refractivity contribution in [3.05, 3.63) is 30.1 Å². The van der Waals surface area contributed by atoms with E-state index in [-0.39, 0.29) is 0 Å². The number of nitrogens with two attached hydrogens (primary N) is 1. The van der Waals surface area contributed by atoms with Gasteiger partial charge in [0.2, 0.25) is 0 Å². The van der Waals surface area contributed by atoms with Crippen molar-refractivity contribution < 1.29 is 0 Å². The van der Waals surface area contributed by atoms with Crippen LogP contribution in [0.25, 0.3) is 0 Å². The van der Waals surface area contributed by atoms with E-state index >= 15 is 0 Å². The van der Waals surface area contributed by atoms with Gasteiger partial charge in [0.05, 0.1) is 12.2 Å². The molecule has 2 aromatic rings. The van der Waals surface area contributed by atoms with Crippen LogP contribution in [0.4, 0.5) is 0 Å². The van der Waals surface area contributed by atoms with Gasteiger partial charge in [-0.05, 0) is 12.8 Å². The molecule has 1 aliphatic rings. The summed E-state index contributed by atoms with van der Waals surface area (Å²) in [6.45, 7) is 0.440. The standard InChI is InChI=1S/C11H14N6S/c12-5-10-15-16-11(17(10)9-1-2-9)18-7-8-6-13-3-4-14-8/h3-4,6,9H,1-2,5,7,12H2. The van der Waals surface area contributed by atoms with Gasteiger partial charge < -0.3 is 10.3 Å². The first-order valence-electron chi connectivity index (χ1n) is 5.90. The smallest absolute Gasteiger partial charge is 0.191 e. The van der Waals surface area contributed by atoms with Crippen LogP contribution >= 0.6 is 11.8 Å². The summed E-state index contributed by atoms with van der Waals surface area (Å²) in [4.78, 5) is 8.29. The molecule has 94 valence electrons. The second-order valence-corrected chi connectivity index (χ2v) is 5.13. The Hall–Kier alpha value is -1.47. The van der Waals surface area contributed by atoms with Crippen LogP contribution in [0.15, 0.2) is 23.7 Å². The third kappa shape index (κ3) is 2.37. The molecule has 0 bridgehead atoms. The molecule has 18 heavy (non-hydrogen) atoms. The first-order chi connectivity index (χ1) is 8.88. The predicted octanol–water partition coefficient (Wildman–Crippen LogP) is 1.15. The third-order valence-electron chi connectivity index (χ3n) is 2.80. The van der Waals surface area contributed by atoms with E-state index in [1.807, 2.05) is 0 Å². The Morgan fingerprint density at radius 1 is 1.33 bits per heavy atom. The third-order valence-corrected chi connectivity index (χ3v) is 3.77. The summed E-state index contributed by atoms with van der Waals surface area (Å²) in [6, 6.07) is 0.544. The fourth-order valence-electron chi connectivity index (χ4n) is 1.79. The number of thioether (sulfide) groups is 1. The van der Waals surface area contributed by atoms with Crippen LogP contribution in [0, 0.1) is 0 Å². The summed E-state index contributed by atoms with van der Waals surface area (Å²) in [5, 5.41) is 9.28. The maximum Gasteiger partial charge on any atom is 0.191 e. The summed E-state index contributed by atoms with van der Waals surface area (Å²) in [6.07, 6.45) is 7.54. The zero-order valence-electron chi connectivity index (χ0n) is 9.86. The maximum absolute atomic E-state index is 5.68. The van der Waals surface area contributed by atoms with Crippen molar-refractivity contribution in [2.24, 2.45) is 5.73 Å². The number of nitrogens with zero attached hydrogens (tertiary/aromatic N) is 5. The highest BCUT2D eigenvalue weighted by atomic mass is 32.2. The Morgan fingerprint density at radius 2 is 2.22 bits per heavy atom. The van der Waals surface area contributed by atoms with Crippen LogP contribution < -0.4 is 5.73 Å². The molecule has 7 heteroatoms. The van der Waals surface area contributed by atoms with Crippen LogP contribution in [0.1, 0.15) is 30.4 Å². The van der Waals surface area contributed by atoms with Gasteiger partial charge in [0.25, 0.3) is 0 Å². The lowest BCUT2D eigenvalue weighted by Crippen LogP contribution is -2.08. The molecule has 0 saturated heterocycles. The summed E-state index contributed by atoms with van der Waals surface area (Å²) in [7, 11) is 0. The molecular formula is C11H14N6S. The Labute approximate surface area is 109 Å². The van der Waals surface area contributed by atoms with Crippen molar-refractivity contribution in [2.75, 3.05) is 0 Å². The summed E-state index contributed by atoms with van der Waals surface area (Å²) in [5.74, 6) is 1.63. The topological polar surface area (TPSA) is 82.5 Å². The van der Waals surface area contributed by atoms with E-state index < -0.39 is 0 Å². The van der Waals surface area contributed by atoms with Gasteiger partial charge in [-0.15, -0.1) is 10.2 Å². The lowest BCUT2D eigenvalue weighted by molar-refractivity contribution is 0.626. The Kier molecular flexibility index (Phi) is 3.24. The number of hydrogen-bond donors (Lipinski definition) is 1. The molecule has 0 aromatic carbocycles. The van der Waals surface area contributed by atoms with Gasteiger partial charge in [0.15, 0.2) is 5.16 Å². The zero-order valence-corrected chi connectivity index (χ0v) is 10.7. The molecule has 1 aliphatic carbocycles. The first-order valence-corrected chi connectivity index (χ1v) is 6.88. The molecule has 2 N–H and O–H groups in total. The first kappa shape index (κ1) is 11.6. The fraction of sp³-hybridized carbons (Fsp3) is 0.455. The van der Waals surface area contributed by atoms with E-state index in [2.05, 4.69) is 24.7 Å². The van der Waals surface area contributed by atoms with E-state index in [9.17, 15) is 0 Å². The monoisotopic (exact) mass is 262 g/mol. The minimum atomic E-state index is 0.440. The second kappa shape index (κ2) is 5.03. The number of rotatable bonds is 5. The second-order valence-electron chi connectivity index (χ2n) is 4.19. The summed E-state index contributed by atoms with van der Waals surface area (Å²) >= 11 is 1.64. The molecule has 0 unspecified atom stereocenters. The van der Waals surface area contributed by atoms with E-state index in [0.717, 1.165) is 22.4 Å². The highest BCUT2D eigenvalue weighted by Gasteiger charge is 2.29. The van der Waals surface area contributed by atoms with Crippen LogP contribution in [-0.4, -0.2) is 24.7 Å². The molecular weight excluding hydrogens is 248 g/mol. The van der Waals surface area contributed by atoms with Crippen molar-refractivity contribution in [3.63, 3.8) is 0 Å². The van der Waals surface area contributed by atoms with Gasteiger partial charge in [-0.3, -0.25) is 9.97 Å². The quantitative estimate of drug-likeness (QED) is 0.814. The predicted molar refractivity (Wildman–Crippen MR) is 67.8 cm³/mol. The van der Waals surface area contributed by atoms with Gasteiger partial charge in [0.1, 0.15) is 5.82 Å². The molecule has 3 rings (SSSR count). The molecule has 1 saturated carbocycles. The average Bonchev–Trinajstić information content (AvgIpc) is 3.18. The van der Waals surface area contributed by atoms with Gasteiger partial charge >= 0.3 is 0 Å². The lowest BCUT2D eigenvalue weighted by atomic mass is 10.5. The summed E-state index contributed by atoms with van der Waals surface area (Å²) in [5.41, 5.74) is 6.63. The minimum Gasteiger partial charge on any atom is -0.324 e. The van der Waals surface area contributed by atoms with Crippen LogP contribution in [0.2, 0.25) is 0 Å². The Bertz CT molecular complexity index is 522. The maximum atomic E-state index is 5.68. The van der Waals surface area contributed by atoms with Gasteiger partial charge in [-0.1, -0.05) is 11.8 Å².